The number of nitrogens with two attached hydrogens (primary N) is 1. The van der Waals surface area contributed by atoms with Crippen LogP contribution in [0.15, 0.2) is 24.7 Å². The Kier molecular flexibility index (Phi) is 2.85. The van der Waals surface area contributed by atoms with Gasteiger partial charge in [0.05, 0.1) is 0 Å². The maximum Gasteiger partial charge on any atom is 0.155 e. The Balaban J connectivity index is 0.000000845. The van der Waals surface area contributed by atoms with Crippen LogP contribution in [0.3, 0.4) is 0 Å². The van der Waals surface area contributed by atoms with Gasteiger partial charge in [-0.3, -0.25) is 0 Å². The summed E-state index contributed by atoms with van der Waals surface area (Å²) in [6, 6.07) is 3.94. The van der Waals surface area contributed by atoms with Crippen LogP contribution in [0.2, 0.25) is 0 Å². The van der Waals surface area contributed by atoms with E-state index in [9.17, 15) is 0 Å². The zero-order valence-electron chi connectivity index (χ0n) is 7.21. The molecule has 0 unspecified atom stereocenters. The van der Waals surface area contributed by atoms with Gasteiger partial charge in [0, 0.05) is 12.2 Å². The van der Waals surface area contributed by atoms with E-state index in [1.54, 1.807) is 4.52 Å². The number of hydrogen-bond donors (Lipinski definition) is 1. The average Bonchev–Trinajstić information content (AvgIpc) is 2.49. The topological polar surface area (TPSA) is 56.2 Å². The van der Waals surface area contributed by atoms with Crippen molar-refractivity contribution in [3.8, 4) is 0 Å². The van der Waals surface area contributed by atoms with Crippen molar-refractivity contribution in [2.24, 2.45) is 5.73 Å². The molecule has 2 heterocycles. The Morgan fingerprint density at radius 3 is 3.00 bits per heavy atom. The number of fused-ring (bicyclic) bond motifs is 1. The fourth-order valence-electron chi connectivity index (χ4n) is 1.11. The van der Waals surface area contributed by atoms with Gasteiger partial charge in [0.1, 0.15) is 6.33 Å². The smallest absolute Gasteiger partial charge is 0.155 e. The predicted molar refractivity (Wildman–Crippen MR) is 52.8 cm³/mol. The lowest BCUT2D eigenvalue weighted by molar-refractivity contribution is 0.811. The van der Waals surface area contributed by atoms with Crippen molar-refractivity contribution in [1.82, 2.24) is 14.6 Å². The van der Waals surface area contributed by atoms with E-state index in [1.807, 2.05) is 25.3 Å². The molecule has 4 nitrogen and oxygen atoms in total. The van der Waals surface area contributed by atoms with E-state index in [4.69, 9.17) is 5.73 Å². The summed E-state index contributed by atoms with van der Waals surface area (Å²) in [5.74, 6) is 0. The molecular formula is C8H11ClN4. The monoisotopic (exact) mass is 198 g/mol. The fourth-order valence-corrected chi connectivity index (χ4v) is 1.11. The summed E-state index contributed by atoms with van der Waals surface area (Å²) in [7, 11) is 0. The van der Waals surface area contributed by atoms with Crippen molar-refractivity contribution in [3.63, 3.8) is 0 Å². The molecule has 0 radical (unpaired) electrons. The molecule has 70 valence electrons. The van der Waals surface area contributed by atoms with E-state index in [-0.39, 0.29) is 18.4 Å². The van der Waals surface area contributed by atoms with E-state index in [2.05, 4.69) is 10.1 Å². The summed E-state index contributed by atoms with van der Waals surface area (Å²) in [6.45, 7) is 1.95. The van der Waals surface area contributed by atoms with E-state index in [1.165, 1.54) is 6.33 Å². The van der Waals surface area contributed by atoms with Gasteiger partial charge in [-0.1, -0.05) is 0 Å². The number of hydrogen-bond acceptors (Lipinski definition) is 3. The zero-order chi connectivity index (χ0) is 8.55. The van der Waals surface area contributed by atoms with Gasteiger partial charge < -0.3 is 5.73 Å². The summed E-state index contributed by atoms with van der Waals surface area (Å²) in [6.07, 6.45) is 3.39. The lowest BCUT2D eigenvalue weighted by Gasteiger charge is -2.03. The van der Waals surface area contributed by atoms with Gasteiger partial charge in [-0.25, -0.2) is 9.50 Å². The van der Waals surface area contributed by atoms with Crippen LogP contribution in [0.4, 0.5) is 0 Å². The third-order valence-corrected chi connectivity index (χ3v) is 1.83. The molecule has 1 atom stereocenters. The first-order valence-corrected chi connectivity index (χ1v) is 3.82. The molecule has 2 aromatic heterocycles. The first kappa shape index (κ1) is 9.95. The van der Waals surface area contributed by atoms with E-state index < -0.39 is 0 Å². The highest BCUT2D eigenvalue weighted by atomic mass is 35.5. The highest BCUT2D eigenvalue weighted by molar-refractivity contribution is 5.85. The van der Waals surface area contributed by atoms with Crippen molar-refractivity contribution >= 4 is 18.1 Å². The molecule has 13 heavy (non-hydrogen) atoms. The standard InChI is InChI=1S/C8H10N4.ClH/c1-6(9)7-2-3-12-8(4-7)10-5-11-12;/h2-6H,9H2,1H3;1H/t6-;/m0./s1. The number of aromatic nitrogens is 3. The Bertz CT molecular complexity index is 396. The van der Waals surface area contributed by atoms with Gasteiger partial charge in [0.15, 0.2) is 5.65 Å². The number of pyridine rings is 1. The molecule has 5 heteroatoms. The molecule has 0 spiro atoms. The number of rotatable bonds is 1. The largest absolute Gasteiger partial charge is 0.324 e. The Hall–Kier alpha value is -1.13. The minimum Gasteiger partial charge on any atom is -0.324 e. The maximum absolute atomic E-state index is 5.72. The molecule has 0 aliphatic heterocycles. The van der Waals surface area contributed by atoms with Crippen molar-refractivity contribution in [2.45, 2.75) is 13.0 Å². The third kappa shape index (κ3) is 1.79. The lowest BCUT2D eigenvalue weighted by atomic mass is 10.1. The van der Waals surface area contributed by atoms with Gasteiger partial charge in [-0.05, 0) is 24.6 Å². The second-order valence-electron chi connectivity index (χ2n) is 2.81. The maximum atomic E-state index is 5.72. The van der Waals surface area contributed by atoms with Crippen LogP contribution in [0.1, 0.15) is 18.5 Å². The molecule has 0 fully saturated rings. The van der Waals surface area contributed by atoms with Gasteiger partial charge in [-0.2, -0.15) is 5.10 Å². The molecule has 2 rings (SSSR count). The SMILES string of the molecule is C[C@H](N)c1ccn2ncnc2c1.Cl. The molecule has 0 bridgehead atoms. The van der Waals surface area contributed by atoms with Crippen LogP contribution in [0.5, 0.6) is 0 Å². The first-order valence-electron chi connectivity index (χ1n) is 3.82. The molecule has 0 aliphatic carbocycles. The van der Waals surface area contributed by atoms with Crippen LogP contribution < -0.4 is 5.73 Å². The van der Waals surface area contributed by atoms with Gasteiger partial charge in [0.2, 0.25) is 0 Å². The second kappa shape index (κ2) is 3.72. The van der Waals surface area contributed by atoms with Crippen LogP contribution in [0, 0.1) is 0 Å². The number of halogens is 1. The van der Waals surface area contributed by atoms with Gasteiger partial charge >= 0.3 is 0 Å². The predicted octanol–water partition coefficient (Wildman–Crippen LogP) is 1.17. The molecule has 2 N–H and O–H groups in total. The first-order chi connectivity index (χ1) is 5.77. The highest BCUT2D eigenvalue weighted by Gasteiger charge is 2.00. The molecule has 0 saturated heterocycles. The van der Waals surface area contributed by atoms with Crippen molar-refractivity contribution in [1.29, 1.82) is 0 Å². The van der Waals surface area contributed by atoms with Crippen LogP contribution in [-0.2, 0) is 0 Å². The molecule has 0 aliphatic rings. The highest BCUT2D eigenvalue weighted by Crippen LogP contribution is 2.10. The molecule has 0 amide bonds. The van der Waals surface area contributed by atoms with Crippen molar-refractivity contribution in [2.75, 3.05) is 0 Å². The molecule has 2 aromatic rings. The van der Waals surface area contributed by atoms with Crippen LogP contribution >= 0.6 is 12.4 Å². The lowest BCUT2D eigenvalue weighted by Crippen LogP contribution is -2.05. The summed E-state index contributed by atoms with van der Waals surface area (Å²) in [5.41, 5.74) is 7.63. The Morgan fingerprint density at radius 1 is 1.54 bits per heavy atom. The van der Waals surface area contributed by atoms with Crippen molar-refractivity contribution in [3.05, 3.63) is 30.2 Å². The fraction of sp³-hybridized carbons (Fsp3) is 0.250. The quantitative estimate of drug-likeness (QED) is 0.749. The summed E-state index contributed by atoms with van der Waals surface area (Å²) in [5, 5.41) is 3.98. The van der Waals surface area contributed by atoms with E-state index in [0.717, 1.165) is 11.2 Å². The average molecular weight is 199 g/mol. The van der Waals surface area contributed by atoms with Crippen LogP contribution in [0.25, 0.3) is 5.65 Å². The second-order valence-corrected chi connectivity index (χ2v) is 2.81. The normalized spacial score (nSPS) is 12.5. The van der Waals surface area contributed by atoms with E-state index in [0.29, 0.717) is 0 Å². The third-order valence-electron chi connectivity index (χ3n) is 1.83. The van der Waals surface area contributed by atoms with E-state index >= 15 is 0 Å². The number of nitrogens with zero attached hydrogens (tertiary/aromatic N) is 3. The summed E-state index contributed by atoms with van der Waals surface area (Å²) in [4.78, 5) is 4.06. The minimum absolute atomic E-state index is 0. The van der Waals surface area contributed by atoms with Crippen LogP contribution in [-0.4, -0.2) is 14.6 Å². The molecule has 0 saturated carbocycles. The Morgan fingerprint density at radius 2 is 2.31 bits per heavy atom. The summed E-state index contributed by atoms with van der Waals surface area (Å²) >= 11 is 0. The van der Waals surface area contributed by atoms with Crippen molar-refractivity contribution < 1.29 is 0 Å². The summed E-state index contributed by atoms with van der Waals surface area (Å²) < 4.78 is 1.71. The molecule has 0 aromatic carbocycles. The molecular weight excluding hydrogens is 188 g/mol. The van der Waals surface area contributed by atoms with Gasteiger partial charge in [0.25, 0.3) is 0 Å². The minimum atomic E-state index is 0. The zero-order valence-corrected chi connectivity index (χ0v) is 8.03. The Labute approximate surface area is 82.2 Å². The van der Waals surface area contributed by atoms with Gasteiger partial charge in [-0.15, -0.1) is 12.4 Å².